The maximum absolute atomic E-state index is 13.0. The molecule has 0 aromatic rings. The van der Waals surface area contributed by atoms with Gasteiger partial charge in [0, 0.05) is 11.6 Å². The van der Waals surface area contributed by atoms with E-state index >= 15 is 0 Å². The number of allylic oxidation sites excluding steroid dienone is 4. The quantitative estimate of drug-likeness (QED) is 0.497. The lowest BCUT2D eigenvalue weighted by Gasteiger charge is -2.19. The van der Waals surface area contributed by atoms with Crippen LogP contribution in [0.25, 0.3) is 0 Å². The third-order valence-corrected chi connectivity index (χ3v) is 1.62. The SMILES string of the molecule is N#CC=CC1=C(F)CC(N)(F)C=C1. The molecule has 2 N–H and O–H groups in total. The predicted molar refractivity (Wildman–Crippen MR) is 44.7 cm³/mol. The van der Waals surface area contributed by atoms with Crippen LogP contribution in [-0.4, -0.2) is 5.79 Å². The molecule has 1 aliphatic rings. The molecule has 0 saturated heterocycles. The van der Waals surface area contributed by atoms with Gasteiger partial charge in [-0.15, -0.1) is 0 Å². The predicted octanol–water partition coefficient (Wildman–Crippen LogP) is 1.87. The van der Waals surface area contributed by atoms with E-state index < -0.39 is 18.0 Å². The van der Waals surface area contributed by atoms with Gasteiger partial charge in [-0.05, 0) is 12.2 Å². The van der Waals surface area contributed by atoms with Crippen LogP contribution in [0.3, 0.4) is 0 Å². The van der Waals surface area contributed by atoms with Gasteiger partial charge in [-0.1, -0.05) is 6.08 Å². The largest absolute Gasteiger partial charge is 0.295 e. The van der Waals surface area contributed by atoms with Crippen LogP contribution < -0.4 is 5.73 Å². The van der Waals surface area contributed by atoms with Crippen LogP contribution in [-0.2, 0) is 0 Å². The minimum absolute atomic E-state index is 0.195. The van der Waals surface area contributed by atoms with Crippen LogP contribution in [0.4, 0.5) is 8.78 Å². The van der Waals surface area contributed by atoms with Gasteiger partial charge < -0.3 is 0 Å². The van der Waals surface area contributed by atoms with E-state index in [1.165, 1.54) is 12.2 Å². The minimum Gasteiger partial charge on any atom is -0.295 e. The highest BCUT2D eigenvalue weighted by molar-refractivity contribution is 5.39. The van der Waals surface area contributed by atoms with Crippen LogP contribution in [0, 0.1) is 11.3 Å². The number of alkyl halides is 1. The summed E-state index contributed by atoms with van der Waals surface area (Å²) in [4.78, 5) is 0. The molecule has 0 aromatic carbocycles. The molecule has 13 heavy (non-hydrogen) atoms. The summed E-state index contributed by atoms with van der Waals surface area (Å²) >= 11 is 0. The molecule has 0 aromatic heterocycles. The maximum atomic E-state index is 13.0. The first-order valence-electron chi connectivity index (χ1n) is 3.67. The number of hydrogen-bond donors (Lipinski definition) is 1. The molecule has 0 fully saturated rings. The Morgan fingerprint density at radius 3 is 2.92 bits per heavy atom. The summed E-state index contributed by atoms with van der Waals surface area (Å²) in [5, 5.41) is 8.18. The van der Waals surface area contributed by atoms with Crippen LogP contribution in [0.1, 0.15) is 6.42 Å². The average Bonchev–Trinajstić information content (AvgIpc) is 2.02. The fraction of sp³-hybridized carbons (Fsp3) is 0.222. The second-order valence-electron chi connectivity index (χ2n) is 2.76. The Hall–Kier alpha value is -1.47. The summed E-state index contributed by atoms with van der Waals surface area (Å²) in [5.41, 5.74) is 5.24. The number of halogens is 2. The van der Waals surface area contributed by atoms with E-state index in [1.54, 1.807) is 6.07 Å². The summed E-state index contributed by atoms with van der Waals surface area (Å²) < 4.78 is 26.0. The van der Waals surface area contributed by atoms with Gasteiger partial charge in [-0.2, -0.15) is 5.26 Å². The lowest BCUT2D eigenvalue weighted by Crippen LogP contribution is -2.33. The molecule has 0 bridgehead atoms. The standard InChI is InChI=1S/C9H8F2N2/c10-8-6-9(11,13)4-3-7(8)2-1-5-12/h1-4H,6,13H2. The van der Waals surface area contributed by atoms with Crippen molar-refractivity contribution >= 4 is 0 Å². The monoisotopic (exact) mass is 182 g/mol. The molecule has 0 aliphatic heterocycles. The highest BCUT2D eigenvalue weighted by Gasteiger charge is 2.26. The van der Waals surface area contributed by atoms with Gasteiger partial charge in [0.25, 0.3) is 0 Å². The summed E-state index contributed by atoms with van der Waals surface area (Å²) in [7, 11) is 0. The molecule has 0 radical (unpaired) electrons. The Morgan fingerprint density at radius 2 is 2.38 bits per heavy atom. The molecule has 1 rings (SSSR count). The van der Waals surface area contributed by atoms with Gasteiger partial charge in [0.05, 0.1) is 12.5 Å². The van der Waals surface area contributed by atoms with Crippen LogP contribution in [0.2, 0.25) is 0 Å². The molecule has 68 valence electrons. The van der Waals surface area contributed by atoms with Crippen molar-refractivity contribution in [3.8, 4) is 6.07 Å². The summed E-state index contributed by atoms with van der Waals surface area (Å²) in [6, 6.07) is 1.72. The van der Waals surface area contributed by atoms with Crippen LogP contribution in [0.15, 0.2) is 35.7 Å². The first kappa shape index (κ1) is 9.62. The van der Waals surface area contributed by atoms with E-state index in [9.17, 15) is 8.78 Å². The highest BCUT2D eigenvalue weighted by Crippen LogP contribution is 2.27. The van der Waals surface area contributed by atoms with Crippen molar-refractivity contribution in [3.05, 3.63) is 35.7 Å². The number of hydrogen-bond acceptors (Lipinski definition) is 2. The number of nitriles is 1. The summed E-state index contributed by atoms with van der Waals surface area (Å²) in [5.74, 6) is -2.74. The zero-order valence-corrected chi connectivity index (χ0v) is 6.80. The molecule has 1 atom stereocenters. The normalized spacial score (nSPS) is 28.2. The second-order valence-corrected chi connectivity index (χ2v) is 2.76. The maximum Gasteiger partial charge on any atom is 0.184 e. The molecule has 4 heteroatoms. The van der Waals surface area contributed by atoms with Gasteiger partial charge >= 0.3 is 0 Å². The van der Waals surface area contributed by atoms with Gasteiger partial charge in [0.15, 0.2) is 5.79 Å². The summed E-state index contributed by atoms with van der Waals surface area (Å²) in [6.07, 6.45) is 4.23. The zero-order chi connectivity index (χ0) is 9.90. The van der Waals surface area contributed by atoms with Crippen molar-refractivity contribution in [2.24, 2.45) is 5.73 Å². The van der Waals surface area contributed by atoms with Crippen molar-refractivity contribution in [1.29, 1.82) is 5.26 Å². The molecular weight excluding hydrogens is 174 g/mol. The highest BCUT2D eigenvalue weighted by atomic mass is 19.2. The number of nitrogens with zero attached hydrogens (tertiary/aromatic N) is 1. The lowest BCUT2D eigenvalue weighted by molar-refractivity contribution is 0.222. The average molecular weight is 182 g/mol. The van der Waals surface area contributed by atoms with Crippen LogP contribution >= 0.6 is 0 Å². The Kier molecular flexibility index (Phi) is 2.59. The second kappa shape index (κ2) is 3.50. The van der Waals surface area contributed by atoms with Crippen molar-refractivity contribution in [1.82, 2.24) is 0 Å². The number of rotatable bonds is 1. The molecule has 0 amide bonds. The number of nitrogens with two attached hydrogens (primary N) is 1. The Balaban J connectivity index is 2.86. The Labute approximate surface area is 74.6 Å². The van der Waals surface area contributed by atoms with Gasteiger partial charge in [0.1, 0.15) is 5.83 Å². The van der Waals surface area contributed by atoms with E-state index in [0.717, 1.165) is 12.2 Å². The smallest absolute Gasteiger partial charge is 0.184 e. The molecule has 0 saturated carbocycles. The molecular formula is C9H8F2N2. The van der Waals surface area contributed by atoms with Crippen molar-refractivity contribution in [2.45, 2.75) is 12.2 Å². The minimum atomic E-state index is -2.10. The molecule has 2 nitrogen and oxygen atoms in total. The van der Waals surface area contributed by atoms with Crippen molar-refractivity contribution in [2.75, 3.05) is 0 Å². The Bertz CT molecular complexity index is 332. The third-order valence-electron chi connectivity index (χ3n) is 1.62. The molecule has 1 aliphatic carbocycles. The van der Waals surface area contributed by atoms with Gasteiger partial charge in [-0.25, -0.2) is 8.78 Å². The molecule has 0 heterocycles. The Morgan fingerprint density at radius 1 is 1.69 bits per heavy atom. The van der Waals surface area contributed by atoms with Crippen molar-refractivity contribution < 1.29 is 8.78 Å². The van der Waals surface area contributed by atoms with E-state index in [1.807, 2.05) is 0 Å². The van der Waals surface area contributed by atoms with E-state index in [2.05, 4.69) is 0 Å². The summed E-state index contributed by atoms with van der Waals surface area (Å²) in [6.45, 7) is 0. The lowest BCUT2D eigenvalue weighted by atomic mass is 10.0. The zero-order valence-electron chi connectivity index (χ0n) is 6.80. The molecule has 1 unspecified atom stereocenters. The first-order chi connectivity index (χ1) is 6.05. The molecule has 0 spiro atoms. The first-order valence-corrected chi connectivity index (χ1v) is 3.67. The third kappa shape index (κ3) is 2.49. The van der Waals surface area contributed by atoms with Crippen molar-refractivity contribution in [3.63, 3.8) is 0 Å². The van der Waals surface area contributed by atoms with E-state index in [0.29, 0.717) is 0 Å². The van der Waals surface area contributed by atoms with Crippen LogP contribution in [0.5, 0.6) is 0 Å². The van der Waals surface area contributed by atoms with Gasteiger partial charge in [-0.3, -0.25) is 5.73 Å². The van der Waals surface area contributed by atoms with E-state index in [-0.39, 0.29) is 5.57 Å². The van der Waals surface area contributed by atoms with Gasteiger partial charge in [0.2, 0.25) is 0 Å². The topological polar surface area (TPSA) is 49.8 Å². The van der Waals surface area contributed by atoms with E-state index in [4.69, 9.17) is 11.0 Å². The fourth-order valence-corrected chi connectivity index (χ4v) is 0.991. The fourth-order valence-electron chi connectivity index (χ4n) is 0.991.